The molecule has 3 heterocycles. The van der Waals surface area contributed by atoms with Gasteiger partial charge in [0.25, 0.3) is 11.8 Å². The maximum absolute atomic E-state index is 12.5. The molecule has 2 N–H and O–H groups in total. The van der Waals surface area contributed by atoms with Gasteiger partial charge in [-0.2, -0.15) is 0 Å². The molecule has 8 nitrogen and oxygen atoms in total. The van der Waals surface area contributed by atoms with E-state index in [4.69, 9.17) is 4.42 Å². The van der Waals surface area contributed by atoms with Gasteiger partial charge >= 0.3 is 0 Å². The summed E-state index contributed by atoms with van der Waals surface area (Å²) >= 11 is 0. The molecule has 2 amide bonds. The van der Waals surface area contributed by atoms with Crippen molar-refractivity contribution in [2.75, 3.05) is 13.1 Å². The Bertz CT molecular complexity index is 865. The number of aryl methyl sites for hydroxylation is 1. The third-order valence-corrected chi connectivity index (χ3v) is 4.21. The lowest BCUT2D eigenvalue weighted by atomic mass is 10.0. The van der Waals surface area contributed by atoms with Crippen LogP contribution in [0.25, 0.3) is 0 Å². The molecular formula is C18H19N3O5. The fraction of sp³-hybridized carbons (Fsp3) is 0.333. The third-order valence-electron chi connectivity index (χ3n) is 4.21. The lowest BCUT2D eigenvalue weighted by Crippen LogP contribution is -2.55. The van der Waals surface area contributed by atoms with Crippen LogP contribution in [0.1, 0.15) is 33.1 Å². The summed E-state index contributed by atoms with van der Waals surface area (Å²) in [5, 5.41) is 13.1. The molecule has 0 aromatic carbocycles. The number of hydrogen-bond acceptors (Lipinski definition) is 6. The highest BCUT2D eigenvalue weighted by atomic mass is 16.3. The second-order valence-electron chi connectivity index (χ2n) is 6.20. The number of nitrogens with zero attached hydrogens (tertiary/aromatic N) is 2. The molecule has 26 heavy (non-hydrogen) atoms. The minimum atomic E-state index is -0.926. The zero-order chi connectivity index (χ0) is 18.7. The summed E-state index contributed by atoms with van der Waals surface area (Å²) in [4.78, 5) is 41.5. The zero-order valence-corrected chi connectivity index (χ0v) is 14.2. The lowest BCUT2D eigenvalue weighted by Gasteiger charge is -2.36. The molecule has 2 aromatic rings. The van der Waals surface area contributed by atoms with Gasteiger partial charge in [0.05, 0.1) is 17.7 Å². The summed E-state index contributed by atoms with van der Waals surface area (Å²) in [6, 6.07) is 5.25. The fourth-order valence-corrected chi connectivity index (χ4v) is 2.90. The first-order chi connectivity index (χ1) is 12.4. The van der Waals surface area contributed by atoms with Crippen molar-refractivity contribution in [3.05, 3.63) is 64.0 Å². The van der Waals surface area contributed by atoms with Crippen LogP contribution >= 0.6 is 0 Å². The maximum atomic E-state index is 12.5. The number of piperidine rings is 1. The predicted molar refractivity (Wildman–Crippen MR) is 91.7 cm³/mol. The molecule has 0 unspecified atom stereocenters. The van der Waals surface area contributed by atoms with Crippen LogP contribution in [0.2, 0.25) is 0 Å². The fourth-order valence-electron chi connectivity index (χ4n) is 2.90. The SMILES string of the molecule is Cc1cc(=O)cc(C(=O)N2CC[C@@H](NC(=O)c3cccnc3)[C@H](O)C2)o1. The van der Waals surface area contributed by atoms with E-state index in [9.17, 15) is 19.5 Å². The number of aliphatic hydroxyl groups is 1. The average Bonchev–Trinajstić information content (AvgIpc) is 2.62. The highest BCUT2D eigenvalue weighted by Crippen LogP contribution is 2.15. The Morgan fingerprint density at radius 3 is 2.85 bits per heavy atom. The van der Waals surface area contributed by atoms with Gasteiger partial charge < -0.3 is 19.7 Å². The van der Waals surface area contributed by atoms with Crippen molar-refractivity contribution >= 4 is 11.8 Å². The minimum Gasteiger partial charge on any atom is -0.456 e. The molecule has 0 spiro atoms. The van der Waals surface area contributed by atoms with E-state index in [-0.39, 0.29) is 23.6 Å². The average molecular weight is 357 g/mol. The number of β-amino-alcohol motifs (C(OH)–C–C–N with tert-alkyl or cyclic N) is 1. The van der Waals surface area contributed by atoms with Crippen LogP contribution in [0, 0.1) is 6.92 Å². The number of amides is 2. The normalized spacial score (nSPS) is 19.8. The molecule has 0 aliphatic carbocycles. The molecule has 2 aromatic heterocycles. The number of pyridine rings is 1. The van der Waals surface area contributed by atoms with Crippen molar-refractivity contribution < 1.29 is 19.1 Å². The number of aromatic nitrogens is 1. The molecule has 136 valence electrons. The van der Waals surface area contributed by atoms with E-state index < -0.39 is 18.1 Å². The molecule has 3 rings (SSSR count). The Morgan fingerprint density at radius 1 is 1.38 bits per heavy atom. The molecule has 1 aliphatic rings. The second kappa shape index (κ2) is 7.49. The number of carbonyl (C=O) groups is 2. The number of rotatable bonds is 3. The Kier molecular flexibility index (Phi) is 5.13. The van der Waals surface area contributed by atoms with Crippen molar-refractivity contribution in [3.8, 4) is 0 Å². The number of nitrogens with one attached hydrogen (secondary N) is 1. The van der Waals surface area contributed by atoms with Gasteiger partial charge in [0.15, 0.2) is 11.2 Å². The number of carbonyl (C=O) groups excluding carboxylic acids is 2. The van der Waals surface area contributed by atoms with Gasteiger partial charge in [-0.25, -0.2) is 0 Å². The van der Waals surface area contributed by atoms with Crippen molar-refractivity contribution in [1.29, 1.82) is 0 Å². The van der Waals surface area contributed by atoms with Crippen LogP contribution in [0.4, 0.5) is 0 Å². The molecule has 2 atom stereocenters. The Hall–Kier alpha value is -3.00. The zero-order valence-electron chi connectivity index (χ0n) is 14.2. The van der Waals surface area contributed by atoms with Crippen molar-refractivity contribution in [1.82, 2.24) is 15.2 Å². The second-order valence-corrected chi connectivity index (χ2v) is 6.20. The highest BCUT2D eigenvalue weighted by Gasteiger charge is 2.32. The first-order valence-electron chi connectivity index (χ1n) is 8.24. The van der Waals surface area contributed by atoms with E-state index in [2.05, 4.69) is 10.3 Å². The van der Waals surface area contributed by atoms with E-state index in [0.717, 1.165) is 6.07 Å². The summed E-state index contributed by atoms with van der Waals surface area (Å²) in [7, 11) is 0. The molecule has 0 radical (unpaired) electrons. The lowest BCUT2D eigenvalue weighted by molar-refractivity contribution is 0.0294. The van der Waals surface area contributed by atoms with Crippen molar-refractivity contribution in [2.45, 2.75) is 25.5 Å². The first kappa shape index (κ1) is 17.8. The number of aliphatic hydroxyl groups excluding tert-OH is 1. The molecule has 1 aliphatic heterocycles. The third kappa shape index (κ3) is 3.97. The number of likely N-dealkylation sites (tertiary alicyclic amines) is 1. The molecule has 1 fully saturated rings. The van der Waals surface area contributed by atoms with E-state index in [1.165, 1.54) is 17.2 Å². The van der Waals surface area contributed by atoms with E-state index in [1.54, 1.807) is 25.3 Å². The summed E-state index contributed by atoms with van der Waals surface area (Å²) in [6.45, 7) is 1.95. The van der Waals surface area contributed by atoms with Gasteiger partial charge in [-0.1, -0.05) is 0 Å². The Labute approximate surface area is 149 Å². The van der Waals surface area contributed by atoms with E-state index in [1.807, 2.05) is 0 Å². The minimum absolute atomic E-state index is 0.0362. The van der Waals surface area contributed by atoms with Crippen LogP contribution in [-0.4, -0.2) is 52.0 Å². The summed E-state index contributed by atoms with van der Waals surface area (Å²) in [6.07, 6.45) is 2.47. The Balaban J connectivity index is 1.64. The molecular weight excluding hydrogens is 338 g/mol. The van der Waals surface area contributed by atoms with E-state index >= 15 is 0 Å². The summed E-state index contributed by atoms with van der Waals surface area (Å²) < 4.78 is 5.31. The highest BCUT2D eigenvalue weighted by molar-refractivity contribution is 5.94. The van der Waals surface area contributed by atoms with Crippen LogP contribution < -0.4 is 10.7 Å². The van der Waals surface area contributed by atoms with E-state index in [0.29, 0.717) is 24.3 Å². The van der Waals surface area contributed by atoms with Gasteiger partial charge in [0.2, 0.25) is 0 Å². The van der Waals surface area contributed by atoms with Gasteiger partial charge in [-0.05, 0) is 25.5 Å². The molecule has 8 heteroatoms. The van der Waals surface area contributed by atoms with Gasteiger partial charge in [0.1, 0.15) is 5.76 Å². The van der Waals surface area contributed by atoms with Gasteiger partial charge in [-0.15, -0.1) is 0 Å². The maximum Gasteiger partial charge on any atom is 0.289 e. The van der Waals surface area contributed by atoms with Gasteiger partial charge in [0, 0.05) is 37.6 Å². The van der Waals surface area contributed by atoms with Crippen molar-refractivity contribution in [2.24, 2.45) is 0 Å². The smallest absolute Gasteiger partial charge is 0.289 e. The number of hydrogen-bond donors (Lipinski definition) is 2. The van der Waals surface area contributed by atoms with Crippen LogP contribution in [0.3, 0.4) is 0 Å². The standard InChI is InChI=1S/C18H19N3O5/c1-11-7-13(22)8-16(26-11)18(25)21-6-4-14(15(23)10-21)20-17(24)12-3-2-5-19-9-12/h2-3,5,7-9,14-15,23H,4,6,10H2,1H3,(H,20,24)/t14-,15-/m1/s1. The molecule has 0 bridgehead atoms. The van der Waals surface area contributed by atoms with Crippen molar-refractivity contribution in [3.63, 3.8) is 0 Å². The van der Waals surface area contributed by atoms with Crippen LogP contribution in [0.5, 0.6) is 0 Å². The largest absolute Gasteiger partial charge is 0.456 e. The predicted octanol–water partition coefficient (Wildman–Crippen LogP) is 0.349. The van der Waals surface area contributed by atoms with Gasteiger partial charge in [-0.3, -0.25) is 19.4 Å². The van der Waals surface area contributed by atoms with Crippen LogP contribution in [0.15, 0.2) is 45.9 Å². The quantitative estimate of drug-likeness (QED) is 0.820. The molecule has 0 saturated carbocycles. The Morgan fingerprint density at radius 2 is 2.19 bits per heavy atom. The summed E-state index contributed by atoms with van der Waals surface area (Å²) in [5.74, 6) is -0.492. The topological polar surface area (TPSA) is 113 Å². The first-order valence-corrected chi connectivity index (χ1v) is 8.24. The molecule has 1 saturated heterocycles. The summed E-state index contributed by atoms with van der Waals surface area (Å²) in [5.41, 5.74) is 0.0935. The monoisotopic (exact) mass is 357 g/mol. The van der Waals surface area contributed by atoms with Crippen LogP contribution in [-0.2, 0) is 0 Å².